The average molecular weight is 279 g/mol. The van der Waals surface area contributed by atoms with Crippen LogP contribution in [0.5, 0.6) is 5.75 Å². The molecule has 112 valence electrons. The van der Waals surface area contributed by atoms with Crippen LogP contribution in [0.4, 0.5) is 13.2 Å². The largest absolute Gasteiger partial charge is 0.573 e. The molecule has 0 fully saturated rings. The van der Waals surface area contributed by atoms with Crippen LogP contribution in [0, 0.1) is 0 Å². The van der Waals surface area contributed by atoms with Gasteiger partial charge in [0.1, 0.15) is 5.75 Å². The molecule has 0 amide bonds. The molecule has 0 unspecified atom stereocenters. The number of halogens is 3. The quantitative estimate of drug-likeness (QED) is 0.795. The van der Waals surface area contributed by atoms with Crippen LogP contribution in [0.15, 0.2) is 24.3 Å². The zero-order chi connectivity index (χ0) is 15.5. The third-order valence-corrected chi connectivity index (χ3v) is 1.66. The molecule has 0 radical (unpaired) electrons. The van der Waals surface area contributed by atoms with Crippen LogP contribution in [-0.4, -0.2) is 25.4 Å². The Balaban J connectivity index is 0. The molecule has 5 heteroatoms. The van der Waals surface area contributed by atoms with Crippen molar-refractivity contribution in [2.75, 3.05) is 14.1 Å². The van der Waals surface area contributed by atoms with Gasteiger partial charge in [0.25, 0.3) is 0 Å². The van der Waals surface area contributed by atoms with E-state index in [2.05, 4.69) is 4.74 Å². The van der Waals surface area contributed by atoms with Crippen molar-refractivity contribution in [1.82, 2.24) is 4.90 Å². The summed E-state index contributed by atoms with van der Waals surface area (Å²) in [4.78, 5) is 1.93. The number of hydrogen-bond donors (Lipinski definition) is 0. The maximum absolute atomic E-state index is 11.8. The highest BCUT2D eigenvalue weighted by Gasteiger charge is 2.30. The summed E-state index contributed by atoms with van der Waals surface area (Å²) in [5, 5.41) is 0. The number of alkyl halides is 3. The van der Waals surface area contributed by atoms with E-state index in [0.717, 1.165) is 5.56 Å². The van der Waals surface area contributed by atoms with Gasteiger partial charge in [-0.05, 0) is 31.8 Å². The molecule has 1 aromatic carbocycles. The zero-order valence-corrected chi connectivity index (χ0v) is 12.5. The summed E-state index contributed by atoms with van der Waals surface area (Å²) in [6.45, 7) is 8.69. The minimum absolute atomic E-state index is 0.190. The van der Waals surface area contributed by atoms with E-state index in [9.17, 15) is 13.2 Å². The minimum Gasteiger partial charge on any atom is -0.406 e. The third kappa shape index (κ3) is 11.6. The van der Waals surface area contributed by atoms with Crippen LogP contribution < -0.4 is 4.74 Å². The predicted octanol–water partition coefficient (Wildman–Crippen LogP) is 4.70. The molecule has 0 saturated heterocycles. The van der Waals surface area contributed by atoms with Crippen LogP contribution in [0.2, 0.25) is 0 Å². The Morgan fingerprint density at radius 1 is 0.947 bits per heavy atom. The smallest absolute Gasteiger partial charge is 0.406 e. The van der Waals surface area contributed by atoms with Crippen molar-refractivity contribution in [2.24, 2.45) is 0 Å². The summed E-state index contributed by atoms with van der Waals surface area (Å²) in [6, 6.07) is 5.85. The van der Waals surface area contributed by atoms with Crippen molar-refractivity contribution in [3.05, 3.63) is 29.8 Å². The first kappa shape index (κ1) is 20.1. The molecule has 0 aliphatic carbocycles. The second-order valence-corrected chi connectivity index (χ2v) is 3.43. The summed E-state index contributed by atoms with van der Waals surface area (Å²) in [7, 11) is 3.78. The Hall–Kier alpha value is -1.23. The van der Waals surface area contributed by atoms with Crippen molar-refractivity contribution in [3.8, 4) is 5.75 Å². The molecule has 0 aliphatic heterocycles. The number of rotatable bonds is 3. The van der Waals surface area contributed by atoms with E-state index in [1.165, 1.54) is 12.1 Å². The van der Waals surface area contributed by atoms with E-state index in [4.69, 9.17) is 0 Å². The van der Waals surface area contributed by atoms with Gasteiger partial charge in [-0.1, -0.05) is 39.8 Å². The summed E-state index contributed by atoms with van der Waals surface area (Å²) in [5.74, 6) is -0.190. The standard InChI is InChI=1S/C10H12F3NO.2C2H6/c1-14(2)7-8-3-5-9(6-4-8)15-10(11,12)13;2*1-2/h3-6H,7H2,1-2H3;2*1-2H3. The van der Waals surface area contributed by atoms with Gasteiger partial charge in [0.2, 0.25) is 0 Å². The normalized spacial score (nSPS) is 10.0. The van der Waals surface area contributed by atoms with E-state index in [0.29, 0.717) is 6.54 Å². The summed E-state index contributed by atoms with van der Waals surface area (Å²) in [6.07, 6.45) is -4.62. The van der Waals surface area contributed by atoms with Gasteiger partial charge in [-0.2, -0.15) is 0 Å². The molecule has 0 bridgehead atoms. The molecule has 2 nitrogen and oxygen atoms in total. The number of ether oxygens (including phenoxy) is 1. The van der Waals surface area contributed by atoms with Crippen molar-refractivity contribution in [2.45, 2.75) is 40.6 Å². The van der Waals surface area contributed by atoms with Crippen molar-refractivity contribution >= 4 is 0 Å². The van der Waals surface area contributed by atoms with Gasteiger partial charge in [-0.3, -0.25) is 0 Å². The summed E-state index contributed by atoms with van der Waals surface area (Å²) in [5.41, 5.74) is 0.939. The number of benzene rings is 1. The molecular weight excluding hydrogens is 255 g/mol. The van der Waals surface area contributed by atoms with Crippen LogP contribution in [-0.2, 0) is 6.54 Å². The van der Waals surface area contributed by atoms with Gasteiger partial charge in [0.05, 0.1) is 0 Å². The molecule has 1 rings (SSSR count). The first-order valence-electron chi connectivity index (χ1n) is 6.36. The van der Waals surface area contributed by atoms with Crippen molar-refractivity contribution in [1.29, 1.82) is 0 Å². The highest BCUT2D eigenvalue weighted by Crippen LogP contribution is 2.22. The molecule has 1 aromatic rings. The van der Waals surface area contributed by atoms with Gasteiger partial charge >= 0.3 is 6.36 Å². The monoisotopic (exact) mass is 279 g/mol. The fourth-order valence-corrected chi connectivity index (χ4v) is 1.16. The zero-order valence-electron chi connectivity index (χ0n) is 12.5. The Bertz CT molecular complexity index is 307. The van der Waals surface area contributed by atoms with Crippen LogP contribution in [0.3, 0.4) is 0 Å². The van der Waals surface area contributed by atoms with Crippen molar-refractivity contribution < 1.29 is 17.9 Å². The molecule has 0 N–H and O–H groups in total. The molecule has 0 aliphatic rings. The van der Waals surface area contributed by atoms with Crippen LogP contribution >= 0.6 is 0 Å². The second-order valence-electron chi connectivity index (χ2n) is 3.43. The average Bonchev–Trinajstić information content (AvgIpc) is 2.34. The topological polar surface area (TPSA) is 12.5 Å². The lowest BCUT2D eigenvalue weighted by Crippen LogP contribution is -2.17. The van der Waals surface area contributed by atoms with Crippen LogP contribution in [0.1, 0.15) is 33.3 Å². The number of nitrogens with zero attached hydrogens (tertiary/aromatic N) is 1. The molecule has 0 aromatic heterocycles. The predicted molar refractivity (Wildman–Crippen MR) is 73.2 cm³/mol. The Labute approximate surface area is 114 Å². The van der Waals surface area contributed by atoms with Gasteiger partial charge in [-0.25, -0.2) is 0 Å². The lowest BCUT2D eigenvalue weighted by molar-refractivity contribution is -0.274. The minimum atomic E-state index is -4.62. The molecule has 0 saturated carbocycles. The molecule has 0 heterocycles. The van der Waals surface area contributed by atoms with Gasteiger partial charge in [0.15, 0.2) is 0 Å². The van der Waals surface area contributed by atoms with Gasteiger partial charge in [0, 0.05) is 6.54 Å². The highest BCUT2D eigenvalue weighted by molar-refractivity contribution is 5.27. The van der Waals surface area contributed by atoms with Crippen LogP contribution in [0.25, 0.3) is 0 Å². The van der Waals surface area contributed by atoms with E-state index >= 15 is 0 Å². The fourth-order valence-electron chi connectivity index (χ4n) is 1.16. The van der Waals surface area contributed by atoms with Gasteiger partial charge in [-0.15, -0.1) is 13.2 Å². The highest BCUT2D eigenvalue weighted by atomic mass is 19.4. The first-order chi connectivity index (χ1) is 8.87. The molecule has 19 heavy (non-hydrogen) atoms. The summed E-state index contributed by atoms with van der Waals surface area (Å²) < 4.78 is 39.2. The lowest BCUT2D eigenvalue weighted by Gasteiger charge is -2.11. The lowest BCUT2D eigenvalue weighted by atomic mass is 10.2. The van der Waals surface area contributed by atoms with E-state index in [-0.39, 0.29) is 5.75 Å². The summed E-state index contributed by atoms with van der Waals surface area (Å²) >= 11 is 0. The number of hydrogen-bond acceptors (Lipinski definition) is 2. The Kier molecular flexibility index (Phi) is 11.3. The Morgan fingerprint density at radius 2 is 1.37 bits per heavy atom. The first-order valence-corrected chi connectivity index (χ1v) is 6.36. The second kappa shape index (κ2) is 10.7. The maximum Gasteiger partial charge on any atom is 0.573 e. The van der Waals surface area contributed by atoms with E-state index < -0.39 is 6.36 Å². The third-order valence-electron chi connectivity index (χ3n) is 1.66. The van der Waals surface area contributed by atoms with Crippen molar-refractivity contribution in [3.63, 3.8) is 0 Å². The fraction of sp³-hybridized carbons (Fsp3) is 0.571. The molecule has 0 atom stereocenters. The Morgan fingerprint density at radius 3 is 1.68 bits per heavy atom. The van der Waals surface area contributed by atoms with E-state index in [1.54, 1.807) is 12.1 Å². The molecule has 0 spiro atoms. The molecular formula is C14H24F3NO. The maximum atomic E-state index is 11.8. The van der Waals surface area contributed by atoms with Gasteiger partial charge < -0.3 is 9.64 Å². The SMILES string of the molecule is CC.CC.CN(C)Cc1ccc(OC(F)(F)F)cc1. The van der Waals surface area contributed by atoms with E-state index in [1.807, 2.05) is 46.7 Å².